The smallest absolute Gasteiger partial charge is 0.337 e. The van der Waals surface area contributed by atoms with Crippen LogP contribution in [0.25, 0.3) is 0 Å². The van der Waals surface area contributed by atoms with Crippen LogP contribution in [-0.4, -0.2) is 31.3 Å². The van der Waals surface area contributed by atoms with Gasteiger partial charge in [-0.3, -0.25) is 4.79 Å². The standard InChI is InChI=1S/C14H14N2O5/c1-19-8-11-7-12(16-21-11)13(17)15-10-5-3-9(4-6-10)14(18)20-2/h3-7H,8H2,1-2H3,(H,15,17). The number of nitrogens with zero attached hydrogens (tertiary/aromatic N) is 1. The van der Waals surface area contributed by atoms with E-state index < -0.39 is 11.9 Å². The first kappa shape index (κ1) is 14.7. The van der Waals surface area contributed by atoms with Crippen molar-refractivity contribution in [2.24, 2.45) is 0 Å². The maximum absolute atomic E-state index is 11.9. The van der Waals surface area contributed by atoms with E-state index in [1.807, 2.05) is 0 Å². The number of ether oxygens (including phenoxy) is 2. The molecule has 1 heterocycles. The quantitative estimate of drug-likeness (QED) is 0.845. The Kier molecular flexibility index (Phi) is 4.68. The van der Waals surface area contributed by atoms with Gasteiger partial charge in [-0.15, -0.1) is 0 Å². The Morgan fingerprint density at radius 2 is 1.95 bits per heavy atom. The van der Waals surface area contributed by atoms with Crippen LogP contribution in [0.4, 0.5) is 5.69 Å². The van der Waals surface area contributed by atoms with Gasteiger partial charge in [0.1, 0.15) is 6.61 Å². The van der Waals surface area contributed by atoms with Crippen molar-refractivity contribution in [3.05, 3.63) is 47.3 Å². The first-order valence-electron chi connectivity index (χ1n) is 6.08. The minimum atomic E-state index is -0.436. The number of methoxy groups -OCH3 is 2. The van der Waals surface area contributed by atoms with E-state index in [9.17, 15) is 9.59 Å². The largest absolute Gasteiger partial charge is 0.465 e. The molecule has 7 nitrogen and oxygen atoms in total. The molecule has 21 heavy (non-hydrogen) atoms. The highest BCUT2D eigenvalue weighted by molar-refractivity contribution is 6.03. The normalized spacial score (nSPS) is 10.2. The van der Waals surface area contributed by atoms with Gasteiger partial charge in [-0.25, -0.2) is 4.79 Å². The summed E-state index contributed by atoms with van der Waals surface area (Å²) in [6.45, 7) is 0.244. The molecule has 1 aromatic heterocycles. The van der Waals surface area contributed by atoms with E-state index >= 15 is 0 Å². The molecule has 110 valence electrons. The Hall–Kier alpha value is -2.67. The van der Waals surface area contributed by atoms with Crippen LogP contribution in [0.2, 0.25) is 0 Å². The van der Waals surface area contributed by atoms with Gasteiger partial charge in [0.05, 0.1) is 12.7 Å². The minimum absolute atomic E-state index is 0.152. The molecule has 0 saturated carbocycles. The summed E-state index contributed by atoms with van der Waals surface area (Å²) in [5.41, 5.74) is 1.09. The topological polar surface area (TPSA) is 90.7 Å². The number of hydrogen-bond donors (Lipinski definition) is 1. The highest BCUT2D eigenvalue weighted by atomic mass is 16.5. The van der Waals surface area contributed by atoms with Crippen molar-refractivity contribution < 1.29 is 23.6 Å². The molecule has 0 aliphatic heterocycles. The van der Waals surface area contributed by atoms with Gasteiger partial charge in [-0.05, 0) is 24.3 Å². The molecule has 2 rings (SSSR count). The number of hydrogen-bond acceptors (Lipinski definition) is 6. The predicted molar refractivity (Wildman–Crippen MR) is 73.0 cm³/mol. The Morgan fingerprint density at radius 3 is 2.57 bits per heavy atom. The summed E-state index contributed by atoms with van der Waals surface area (Å²) in [6, 6.07) is 7.81. The number of rotatable bonds is 5. The van der Waals surface area contributed by atoms with Gasteiger partial charge in [0, 0.05) is 18.9 Å². The Balaban J connectivity index is 2.03. The second kappa shape index (κ2) is 6.67. The first-order valence-corrected chi connectivity index (χ1v) is 6.08. The summed E-state index contributed by atoms with van der Waals surface area (Å²) < 4.78 is 14.4. The summed E-state index contributed by atoms with van der Waals surface area (Å²) in [4.78, 5) is 23.2. The lowest BCUT2D eigenvalue weighted by atomic mass is 10.2. The van der Waals surface area contributed by atoms with Crippen molar-refractivity contribution in [1.82, 2.24) is 5.16 Å². The van der Waals surface area contributed by atoms with Crippen LogP contribution in [0.1, 0.15) is 26.6 Å². The number of nitrogens with one attached hydrogen (secondary N) is 1. The molecular weight excluding hydrogens is 276 g/mol. The van der Waals surface area contributed by atoms with Gasteiger partial charge in [-0.2, -0.15) is 0 Å². The molecule has 0 unspecified atom stereocenters. The lowest BCUT2D eigenvalue weighted by molar-refractivity contribution is 0.0600. The molecule has 0 atom stereocenters. The molecule has 0 saturated heterocycles. The van der Waals surface area contributed by atoms with E-state index in [1.54, 1.807) is 24.3 Å². The molecule has 0 aliphatic carbocycles. The molecule has 0 fully saturated rings. The molecule has 0 spiro atoms. The molecule has 1 aromatic carbocycles. The number of esters is 1. The predicted octanol–water partition coefficient (Wildman–Crippen LogP) is 1.86. The van der Waals surface area contributed by atoms with E-state index in [0.29, 0.717) is 17.0 Å². The fourth-order valence-corrected chi connectivity index (χ4v) is 1.63. The monoisotopic (exact) mass is 290 g/mol. The van der Waals surface area contributed by atoms with Gasteiger partial charge in [0.2, 0.25) is 0 Å². The van der Waals surface area contributed by atoms with E-state index in [0.717, 1.165) is 0 Å². The van der Waals surface area contributed by atoms with Crippen LogP contribution in [-0.2, 0) is 16.1 Å². The van der Waals surface area contributed by atoms with Gasteiger partial charge in [0.15, 0.2) is 11.5 Å². The van der Waals surface area contributed by atoms with Gasteiger partial charge in [0.25, 0.3) is 5.91 Å². The summed E-state index contributed by atoms with van der Waals surface area (Å²) in [5.74, 6) is -0.385. The van der Waals surface area contributed by atoms with Gasteiger partial charge >= 0.3 is 5.97 Å². The third-order valence-electron chi connectivity index (χ3n) is 2.64. The highest BCUT2D eigenvalue weighted by Crippen LogP contribution is 2.12. The molecule has 0 aliphatic rings. The lowest BCUT2D eigenvalue weighted by Crippen LogP contribution is -2.12. The fraction of sp³-hybridized carbons (Fsp3) is 0.214. The van der Waals surface area contributed by atoms with E-state index in [2.05, 4.69) is 15.2 Å². The zero-order valence-corrected chi connectivity index (χ0v) is 11.6. The molecular formula is C14H14N2O5. The van der Waals surface area contributed by atoms with Gasteiger partial charge < -0.3 is 19.3 Å². The Labute approximate surface area is 120 Å². The average Bonchev–Trinajstić information content (AvgIpc) is 2.96. The van der Waals surface area contributed by atoms with Crippen LogP contribution in [0.15, 0.2) is 34.9 Å². The van der Waals surface area contributed by atoms with Crippen molar-refractivity contribution in [2.45, 2.75) is 6.61 Å². The third kappa shape index (κ3) is 3.67. The second-order valence-corrected chi connectivity index (χ2v) is 4.13. The van der Waals surface area contributed by atoms with E-state index in [1.165, 1.54) is 20.3 Å². The summed E-state index contributed by atoms with van der Waals surface area (Å²) in [5, 5.41) is 6.29. The van der Waals surface area contributed by atoms with Crippen LogP contribution >= 0.6 is 0 Å². The van der Waals surface area contributed by atoms with Crippen molar-refractivity contribution in [3.8, 4) is 0 Å². The van der Waals surface area contributed by atoms with Crippen molar-refractivity contribution in [2.75, 3.05) is 19.5 Å². The third-order valence-corrected chi connectivity index (χ3v) is 2.64. The van der Waals surface area contributed by atoms with Crippen LogP contribution in [0, 0.1) is 0 Å². The molecule has 1 amide bonds. The number of amides is 1. The zero-order valence-electron chi connectivity index (χ0n) is 11.6. The van der Waals surface area contributed by atoms with Crippen molar-refractivity contribution in [3.63, 3.8) is 0 Å². The number of carbonyl (C=O) groups is 2. The maximum Gasteiger partial charge on any atom is 0.337 e. The second-order valence-electron chi connectivity index (χ2n) is 4.13. The maximum atomic E-state index is 11.9. The molecule has 2 aromatic rings. The first-order chi connectivity index (χ1) is 10.1. The van der Waals surface area contributed by atoms with E-state index in [-0.39, 0.29) is 12.3 Å². The van der Waals surface area contributed by atoms with Crippen LogP contribution in [0.3, 0.4) is 0 Å². The summed E-state index contributed by atoms with van der Waals surface area (Å²) >= 11 is 0. The minimum Gasteiger partial charge on any atom is -0.465 e. The molecule has 7 heteroatoms. The van der Waals surface area contributed by atoms with Crippen LogP contribution in [0.5, 0.6) is 0 Å². The molecule has 0 radical (unpaired) electrons. The number of benzene rings is 1. The fourth-order valence-electron chi connectivity index (χ4n) is 1.63. The van der Waals surface area contributed by atoms with Gasteiger partial charge in [-0.1, -0.05) is 5.16 Å². The zero-order chi connectivity index (χ0) is 15.2. The number of carbonyl (C=O) groups excluding carboxylic acids is 2. The summed E-state index contributed by atoms with van der Waals surface area (Å²) in [6.07, 6.45) is 0. The van der Waals surface area contributed by atoms with E-state index in [4.69, 9.17) is 9.26 Å². The number of aromatic nitrogens is 1. The highest BCUT2D eigenvalue weighted by Gasteiger charge is 2.13. The van der Waals surface area contributed by atoms with Crippen molar-refractivity contribution >= 4 is 17.6 Å². The Bertz CT molecular complexity index is 633. The van der Waals surface area contributed by atoms with Crippen molar-refractivity contribution in [1.29, 1.82) is 0 Å². The summed E-state index contributed by atoms with van der Waals surface area (Å²) in [7, 11) is 2.82. The van der Waals surface area contributed by atoms with Crippen LogP contribution < -0.4 is 5.32 Å². The molecule has 0 bridgehead atoms. The Morgan fingerprint density at radius 1 is 1.24 bits per heavy atom. The SMILES string of the molecule is COCc1cc(C(=O)Nc2ccc(C(=O)OC)cc2)no1. The average molecular weight is 290 g/mol. The lowest BCUT2D eigenvalue weighted by Gasteiger charge is -2.04. The molecule has 1 N–H and O–H groups in total. The number of anilines is 1.